The third-order valence-corrected chi connectivity index (χ3v) is 6.64. The Kier molecular flexibility index (Phi) is 8.31. The Morgan fingerprint density at radius 2 is 0.677 bits per heavy atom. The van der Waals surface area contributed by atoms with Gasteiger partial charge in [0.05, 0.1) is 10.5 Å². The molecule has 0 aromatic heterocycles. The van der Waals surface area contributed by atoms with E-state index in [2.05, 4.69) is 48.5 Å². The molecule has 0 saturated heterocycles. The van der Waals surface area contributed by atoms with Gasteiger partial charge in [0.2, 0.25) is 0 Å². The van der Waals surface area contributed by atoms with Crippen molar-refractivity contribution in [2.24, 2.45) is 0 Å². The van der Waals surface area contributed by atoms with Crippen LogP contribution in [0.15, 0.2) is 121 Å². The second kappa shape index (κ2) is 11.8. The lowest BCUT2D eigenvalue weighted by Gasteiger charge is -2.18. The molecular weight excluding hydrogens is 419 g/mol. The first-order valence-corrected chi connectivity index (χ1v) is 11.7. The average Bonchev–Trinajstić information content (AvgIpc) is 2.86. The highest BCUT2D eigenvalue weighted by molar-refractivity contribution is 7.97. The van der Waals surface area contributed by atoms with Crippen molar-refractivity contribution in [3.63, 3.8) is 0 Å². The van der Waals surface area contributed by atoms with Gasteiger partial charge in [-0.2, -0.15) is 0 Å². The van der Waals surface area contributed by atoms with Crippen molar-refractivity contribution in [2.75, 3.05) is 0 Å². The Morgan fingerprint density at radius 3 is 0.935 bits per heavy atom. The van der Waals surface area contributed by atoms with E-state index >= 15 is 0 Å². The number of hydrogen-bond donors (Lipinski definition) is 0. The van der Waals surface area contributed by atoms with Crippen LogP contribution in [0.2, 0.25) is 0 Å². The number of benzene rings is 4. The predicted octanol–water partition coefficient (Wildman–Crippen LogP) is 7.43. The topological polar surface area (TPSA) is 18.5 Å². The maximum Gasteiger partial charge on any atom is 0.512 e. The minimum atomic E-state index is 0.0614. The molecular formula is C26H22BO2S2. The molecule has 0 N–H and O–H groups in total. The molecule has 153 valence electrons. The van der Waals surface area contributed by atoms with Crippen LogP contribution in [0.25, 0.3) is 0 Å². The molecule has 31 heavy (non-hydrogen) atoms. The lowest BCUT2D eigenvalue weighted by Crippen LogP contribution is -2.03. The molecule has 0 heterocycles. The fraction of sp³-hybridized carbons (Fsp3) is 0.0769. The molecule has 0 atom stereocenters. The molecule has 0 aliphatic heterocycles. The van der Waals surface area contributed by atoms with E-state index in [0.717, 1.165) is 0 Å². The van der Waals surface area contributed by atoms with Gasteiger partial charge in [0, 0.05) is 0 Å². The molecule has 5 heteroatoms. The molecule has 0 aliphatic rings. The standard InChI is InChI=1S/C26H22BO2S2/c1-5-13-21(14-6-1)25(22-15-7-2-8-16-22)30-28-27-29-31-26(23-17-9-3-10-18-23)24-19-11-4-12-20-24/h1-20,25-26H. The highest BCUT2D eigenvalue weighted by Gasteiger charge is 2.18. The van der Waals surface area contributed by atoms with E-state index in [1.165, 1.54) is 54.0 Å². The fourth-order valence-corrected chi connectivity index (χ4v) is 4.81. The van der Waals surface area contributed by atoms with E-state index in [1.54, 1.807) is 0 Å². The van der Waals surface area contributed by atoms with E-state index < -0.39 is 0 Å². The molecule has 4 aromatic carbocycles. The number of hydrogen-bond acceptors (Lipinski definition) is 4. The van der Waals surface area contributed by atoms with Gasteiger partial charge in [-0.15, -0.1) is 0 Å². The van der Waals surface area contributed by atoms with E-state index in [-0.39, 0.29) is 10.5 Å². The van der Waals surface area contributed by atoms with E-state index in [4.69, 9.17) is 8.20 Å². The summed E-state index contributed by atoms with van der Waals surface area (Å²) < 4.78 is 11.6. The van der Waals surface area contributed by atoms with E-state index in [0.29, 0.717) is 0 Å². The van der Waals surface area contributed by atoms with Crippen molar-refractivity contribution in [1.29, 1.82) is 0 Å². The van der Waals surface area contributed by atoms with Crippen LogP contribution >= 0.6 is 24.1 Å². The normalized spacial score (nSPS) is 11.0. The lowest BCUT2D eigenvalue weighted by molar-refractivity contribution is 0.542. The molecule has 0 amide bonds. The molecule has 0 unspecified atom stereocenters. The van der Waals surface area contributed by atoms with E-state index in [9.17, 15) is 0 Å². The second-order valence-corrected chi connectivity index (χ2v) is 8.60. The average molecular weight is 441 g/mol. The van der Waals surface area contributed by atoms with Crippen LogP contribution in [0.4, 0.5) is 0 Å². The van der Waals surface area contributed by atoms with Crippen LogP contribution < -0.4 is 0 Å². The summed E-state index contributed by atoms with van der Waals surface area (Å²) in [5.74, 6) is 0. The van der Waals surface area contributed by atoms with Crippen LogP contribution in [0.1, 0.15) is 32.8 Å². The lowest BCUT2D eigenvalue weighted by atomic mass is 10.0. The zero-order valence-corrected chi connectivity index (χ0v) is 18.5. The quantitative estimate of drug-likeness (QED) is 0.145. The zero-order valence-electron chi connectivity index (χ0n) is 16.9. The summed E-state index contributed by atoms with van der Waals surface area (Å²) in [6.45, 7) is 0. The summed E-state index contributed by atoms with van der Waals surface area (Å²) in [6, 6.07) is 41.4. The third-order valence-electron chi connectivity index (χ3n) is 4.79. The largest absolute Gasteiger partial charge is 0.512 e. The summed E-state index contributed by atoms with van der Waals surface area (Å²) in [5.41, 5.74) is 4.75. The van der Waals surface area contributed by atoms with Gasteiger partial charge < -0.3 is 8.20 Å². The van der Waals surface area contributed by atoms with Gasteiger partial charge in [-0.05, 0) is 46.3 Å². The third kappa shape index (κ3) is 6.28. The smallest absolute Gasteiger partial charge is 0.344 e. The highest BCUT2D eigenvalue weighted by atomic mass is 32.2. The van der Waals surface area contributed by atoms with Gasteiger partial charge in [0.25, 0.3) is 0 Å². The Bertz CT molecular complexity index is 854. The van der Waals surface area contributed by atoms with Crippen molar-refractivity contribution in [3.05, 3.63) is 144 Å². The van der Waals surface area contributed by atoms with Crippen molar-refractivity contribution in [1.82, 2.24) is 0 Å². The van der Waals surface area contributed by atoms with Crippen LogP contribution in [-0.4, -0.2) is 7.69 Å². The summed E-state index contributed by atoms with van der Waals surface area (Å²) in [7, 11) is 1.42. The molecule has 4 aromatic rings. The highest BCUT2D eigenvalue weighted by Crippen LogP contribution is 2.38. The summed E-state index contributed by atoms with van der Waals surface area (Å²) in [4.78, 5) is 0. The summed E-state index contributed by atoms with van der Waals surface area (Å²) in [5, 5.41) is 0.123. The van der Waals surface area contributed by atoms with Gasteiger partial charge >= 0.3 is 7.69 Å². The van der Waals surface area contributed by atoms with Crippen LogP contribution in [0.5, 0.6) is 0 Å². The van der Waals surface area contributed by atoms with Crippen LogP contribution in [0.3, 0.4) is 0 Å². The first kappa shape index (κ1) is 21.8. The summed E-state index contributed by atoms with van der Waals surface area (Å²) >= 11 is 2.75. The van der Waals surface area contributed by atoms with Crippen molar-refractivity contribution in [2.45, 2.75) is 10.5 Å². The zero-order chi connectivity index (χ0) is 21.1. The molecule has 0 saturated carbocycles. The fourth-order valence-electron chi connectivity index (χ4n) is 3.29. The summed E-state index contributed by atoms with van der Waals surface area (Å²) in [6.07, 6.45) is 0. The molecule has 0 aliphatic carbocycles. The second-order valence-electron chi connectivity index (χ2n) is 6.88. The van der Waals surface area contributed by atoms with Gasteiger partial charge in [0.1, 0.15) is 0 Å². The van der Waals surface area contributed by atoms with Gasteiger partial charge in [-0.1, -0.05) is 121 Å². The minimum absolute atomic E-state index is 0.0614. The van der Waals surface area contributed by atoms with E-state index in [1.807, 2.05) is 72.8 Å². The van der Waals surface area contributed by atoms with Crippen molar-refractivity contribution in [3.8, 4) is 0 Å². The first-order valence-electron chi connectivity index (χ1n) is 10.1. The van der Waals surface area contributed by atoms with Gasteiger partial charge in [-0.25, -0.2) is 0 Å². The Labute approximate surface area is 193 Å². The van der Waals surface area contributed by atoms with Gasteiger partial charge in [0.15, 0.2) is 0 Å². The van der Waals surface area contributed by atoms with Crippen LogP contribution in [0, 0.1) is 0 Å². The molecule has 0 bridgehead atoms. The van der Waals surface area contributed by atoms with Crippen molar-refractivity contribution >= 4 is 31.8 Å². The first-order chi connectivity index (χ1) is 15.4. The van der Waals surface area contributed by atoms with Crippen LogP contribution in [-0.2, 0) is 8.20 Å². The minimum Gasteiger partial charge on any atom is -0.344 e. The maximum atomic E-state index is 5.78. The molecule has 1 radical (unpaired) electrons. The Hall–Kier alpha value is -2.44. The molecule has 0 spiro atoms. The SMILES string of the molecule is [B](OSC(c1ccccc1)c1ccccc1)OSC(c1ccccc1)c1ccccc1. The Balaban J connectivity index is 1.37. The number of rotatable bonds is 10. The van der Waals surface area contributed by atoms with Crippen molar-refractivity contribution < 1.29 is 8.20 Å². The van der Waals surface area contributed by atoms with Gasteiger partial charge in [-0.3, -0.25) is 0 Å². The molecule has 0 fully saturated rings. The monoisotopic (exact) mass is 441 g/mol. The Morgan fingerprint density at radius 1 is 0.419 bits per heavy atom. The predicted molar refractivity (Wildman–Crippen MR) is 133 cm³/mol. The molecule has 2 nitrogen and oxygen atoms in total. The molecule has 4 rings (SSSR count). The maximum absolute atomic E-state index is 5.78.